The number of nitro groups is 1. The fraction of sp³-hybridized carbons (Fsp3) is 0.0625. The molecule has 0 saturated carbocycles. The highest BCUT2D eigenvalue weighted by Crippen LogP contribution is 2.34. The third-order valence-corrected chi connectivity index (χ3v) is 4.33. The second-order valence-electron chi connectivity index (χ2n) is 4.54. The predicted molar refractivity (Wildman–Crippen MR) is 84.4 cm³/mol. The van der Waals surface area contributed by atoms with Crippen molar-refractivity contribution in [2.24, 2.45) is 0 Å². The summed E-state index contributed by atoms with van der Waals surface area (Å²) in [5.41, 5.74) is 1.32. The van der Waals surface area contributed by atoms with E-state index in [1.54, 1.807) is 30.2 Å². The van der Waals surface area contributed by atoms with E-state index in [9.17, 15) is 10.1 Å². The smallest absolute Gasteiger partial charge is 0.264 e. The minimum absolute atomic E-state index is 0.0992. The molecule has 2 aromatic carbocycles. The number of benzene rings is 2. The molecule has 0 aliphatic heterocycles. The van der Waals surface area contributed by atoms with Crippen molar-refractivity contribution < 1.29 is 4.92 Å². The first-order chi connectivity index (χ1) is 10.3. The predicted octanol–water partition coefficient (Wildman–Crippen LogP) is 4.44. The van der Waals surface area contributed by atoms with E-state index in [0.717, 1.165) is 16.0 Å². The minimum Gasteiger partial charge on any atom is -0.264 e. The van der Waals surface area contributed by atoms with Crippen molar-refractivity contribution in [2.45, 2.75) is 10.6 Å². The van der Waals surface area contributed by atoms with Crippen molar-refractivity contribution in [3.63, 3.8) is 0 Å². The number of fused-ring (bicyclic) bond motifs is 1. The van der Waals surface area contributed by atoms with Gasteiger partial charge in [-0.15, -0.1) is 11.8 Å². The maximum atomic E-state index is 11.1. The molecule has 0 N–H and O–H groups in total. The Morgan fingerprint density at radius 1 is 1.05 bits per heavy atom. The summed E-state index contributed by atoms with van der Waals surface area (Å²) in [6.45, 7) is 0. The summed E-state index contributed by atoms with van der Waals surface area (Å²) in [4.78, 5) is 15.7. The molecule has 104 valence electrons. The van der Waals surface area contributed by atoms with Gasteiger partial charge in [-0.3, -0.25) is 15.1 Å². The molecule has 1 aromatic heterocycles. The zero-order valence-electron chi connectivity index (χ0n) is 11.1. The lowest BCUT2D eigenvalue weighted by Crippen LogP contribution is -1.91. The molecule has 0 atom stereocenters. The lowest BCUT2D eigenvalue weighted by molar-refractivity contribution is -0.383. The Hall–Kier alpha value is -2.40. The first kappa shape index (κ1) is 13.6. The molecule has 21 heavy (non-hydrogen) atoms. The lowest BCUT2D eigenvalue weighted by atomic mass is 10.1. The molecule has 5 heteroatoms. The summed E-state index contributed by atoms with van der Waals surface area (Å²) in [5.74, 6) is 0.829. The molecule has 3 rings (SSSR count). The number of aromatic nitrogens is 1. The molecule has 0 amide bonds. The van der Waals surface area contributed by atoms with Gasteiger partial charge in [-0.2, -0.15) is 0 Å². The molecule has 0 fully saturated rings. The van der Waals surface area contributed by atoms with Crippen molar-refractivity contribution >= 4 is 28.2 Å². The molecule has 0 spiro atoms. The molecule has 0 saturated heterocycles. The van der Waals surface area contributed by atoms with Crippen molar-refractivity contribution in [1.29, 1.82) is 0 Å². The van der Waals surface area contributed by atoms with Gasteiger partial charge in [0.15, 0.2) is 0 Å². The van der Waals surface area contributed by atoms with Gasteiger partial charge in [0.25, 0.3) is 5.69 Å². The van der Waals surface area contributed by atoms with Crippen molar-refractivity contribution in [2.75, 3.05) is 0 Å². The molecule has 4 nitrogen and oxygen atoms in total. The third kappa shape index (κ3) is 2.87. The molecule has 0 aliphatic rings. The van der Waals surface area contributed by atoms with Crippen LogP contribution in [0.4, 0.5) is 5.69 Å². The fourth-order valence-electron chi connectivity index (χ4n) is 2.17. The Morgan fingerprint density at radius 2 is 1.86 bits per heavy atom. The Balaban J connectivity index is 1.96. The van der Waals surface area contributed by atoms with Gasteiger partial charge in [0.2, 0.25) is 0 Å². The van der Waals surface area contributed by atoms with Gasteiger partial charge in [0.05, 0.1) is 10.3 Å². The average molecular weight is 296 g/mol. The summed E-state index contributed by atoms with van der Waals surface area (Å²) in [7, 11) is 0. The molecular formula is C16H12N2O2S. The molecule has 0 aliphatic carbocycles. The van der Waals surface area contributed by atoms with E-state index in [4.69, 9.17) is 0 Å². The fourth-order valence-corrected chi connectivity index (χ4v) is 3.18. The van der Waals surface area contributed by atoms with Crippen LogP contribution >= 0.6 is 11.8 Å². The zero-order valence-corrected chi connectivity index (χ0v) is 11.9. The van der Waals surface area contributed by atoms with E-state index >= 15 is 0 Å². The number of hydrogen-bond donors (Lipinski definition) is 0. The number of pyridine rings is 1. The maximum absolute atomic E-state index is 11.1. The van der Waals surface area contributed by atoms with E-state index in [0.29, 0.717) is 5.39 Å². The van der Waals surface area contributed by atoms with Crippen LogP contribution in [-0.2, 0) is 5.75 Å². The quantitative estimate of drug-likeness (QED) is 0.406. The van der Waals surface area contributed by atoms with Crippen molar-refractivity contribution in [3.05, 3.63) is 76.6 Å². The van der Waals surface area contributed by atoms with Crippen LogP contribution in [0.5, 0.6) is 0 Å². The first-order valence-electron chi connectivity index (χ1n) is 6.43. The number of rotatable bonds is 4. The van der Waals surface area contributed by atoms with E-state index in [2.05, 4.69) is 17.1 Å². The van der Waals surface area contributed by atoms with Crippen LogP contribution in [0.1, 0.15) is 5.56 Å². The third-order valence-electron chi connectivity index (χ3n) is 3.19. The van der Waals surface area contributed by atoms with Gasteiger partial charge >= 0.3 is 0 Å². The van der Waals surface area contributed by atoms with Crippen LogP contribution in [0.25, 0.3) is 10.8 Å². The van der Waals surface area contributed by atoms with Gasteiger partial charge in [-0.05, 0) is 17.7 Å². The highest BCUT2D eigenvalue weighted by molar-refractivity contribution is 7.98. The second-order valence-corrected chi connectivity index (χ2v) is 5.55. The van der Waals surface area contributed by atoms with E-state index in [-0.39, 0.29) is 10.6 Å². The summed E-state index contributed by atoms with van der Waals surface area (Å²) >= 11 is 1.67. The monoisotopic (exact) mass is 296 g/mol. The summed E-state index contributed by atoms with van der Waals surface area (Å²) in [5, 5.41) is 12.5. The maximum Gasteiger partial charge on any atom is 0.278 e. The molecule has 1 heterocycles. The highest BCUT2D eigenvalue weighted by atomic mass is 32.2. The van der Waals surface area contributed by atoms with Crippen LogP contribution in [0.2, 0.25) is 0 Å². The summed E-state index contributed by atoms with van der Waals surface area (Å²) in [6.07, 6.45) is 3.22. The molecule has 3 aromatic rings. The van der Waals surface area contributed by atoms with E-state index < -0.39 is 0 Å². The standard InChI is InChI=1S/C16H12N2O2S/c19-18(20)15-6-7-16(13-8-9-17-10-14(13)15)21-11-12-4-2-1-3-5-12/h1-10H,11H2. The van der Waals surface area contributed by atoms with Crippen LogP contribution in [0.3, 0.4) is 0 Å². The molecular weight excluding hydrogens is 284 g/mol. The summed E-state index contributed by atoms with van der Waals surface area (Å²) in [6, 6.07) is 15.3. The van der Waals surface area contributed by atoms with E-state index in [1.807, 2.05) is 30.3 Å². The molecule has 0 radical (unpaired) electrons. The van der Waals surface area contributed by atoms with Gasteiger partial charge in [0.1, 0.15) is 0 Å². The summed E-state index contributed by atoms with van der Waals surface area (Å²) < 4.78 is 0. The van der Waals surface area contributed by atoms with Gasteiger partial charge in [-0.25, -0.2) is 0 Å². The molecule has 0 bridgehead atoms. The Morgan fingerprint density at radius 3 is 2.62 bits per heavy atom. The SMILES string of the molecule is O=[N+]([O-])c1ccc(SCc2ccccc2)c2ccncc12. The highest BCUT2D eigenvalue weighted by Gasteiger charge is 2.14. The van der Waals surface area contributed by atoms with Gasteiger partial charge in [-0.1, -0.05) is 30.3 Å². The number of nitrogens with zero attached hydrogens (tertiary/aromatic N) is 2. The largest absolute Gasteiger partial charge is 0.278 e. The van der Waals surface area contributed by atoms with Crippen molar-refractivity contribution in [3.8, 4) is 0 Å². The zero-order chi connectivity index (χ0) is 14.7. The van der Waals surface area contributed by atoms with Crippen LogP contribution in [-0.4, -0.2) is 9.91 Å². The first-order valence-corrected chi connectivity index (χ1v) is 7.42. The number of non-ortho nitro benzene ring substituents is 1. The van der Waals surface area contributed by atoms with Crippen LogP contribution in [0.15, 0.2) is 65.8 Å². The Kier molecular flexibility index (Phi) is 3.83. The lowest BCUT2D eigenvalue weighted by Gasteiger charge is -2.06. The van der Waals surface area contributed by atoms with Gasteiger partial charge in [0, 0.05) is 34.5 Å². The number of hydrogen-bond acceptors (Lipinski definition) is 4. The topological polar surface area (TPSA) is 56.0 Å². The second kappa shape index (κ2) is 5.93. The average Bonchev–Trinajstić information content (AvgIpc) is 2.53. The molecule has 0 unspecified atom stereocenters. The van der Waals surface area contributed by atoms with Crippen LogP contribution < -0.4 is 0 Å². The van der Waals surface area contributed by atoms with Crippen LogP contribution in [0, 0.1) is 10.1 Å². The van der Waals surface area contributed by atoms with Gasteiger partial charge < -0.3 is 0 Å². The van der Waals surface area contributed by atoms with Crippen molar-refractivity contribution in [1.82, 2.24) is 4.98 Å². The number of thioether (sulfide) groups is 1. The number of nitro benzene ring substituents is 1. The Labute approximate surface area is 126 Å². The normalized spacial score (nSPS) is 10.7. The minimum atomic E-state index is -0.365. The van der Waals surface area contributed by atoms with E-state index in [1.165, 1.54) is 5.56 Å². The Bertz CT molecular complexity index is 791.